The first-order valence-corrected chi connectivity index (χ1v) is 10.5. The average molecular weight is 413 g/mol. The van der Waals surface area contributed by atoms with Gasteiger partial charge in [-0.3, -0.25) is 14.9 Å². The van der Waals surface area contributed by atoms with Crippen molar-refractivity contribution in [1.82, 2.24) is 14.1 Å². The fraction of sp³-hybridized carbons (Fsp3) is 0.238. The van der Waals surface area contributed by atoms with E-state index in [2.05, 4.69) is 10.1 Å². The average Bonchev–Trinajstić information content (AvgIpc) is 2.96. The molecular formula is C21H24N4O3S. The van der Waals surface area contributed by atoms with E-state index in [-0.39, 0.29) is 10.5 Å². The molecule has 8 heteroatoms. The van der Waals surface area contributed by atoms with Crippen molar-refractivity contribution in [2.75, 3.05) is 14.1 Å². The summed E-state index contributed by atoms with van der Waals surface area (Å²) in [5, 5.41) is 3.08. The van der Waals surface area contributed by atoms with E-state index in [9.17, 15) is 13.2 Å². The molecule has 3 rings (SSSR count). The van der Waals surface area contributed by atoms with Gasteiger partial charge in [0.1, 0.15) is 0 Å². The highest BCUT2D eigenvalue weighted by Crippen LogP contribution is 2.19. The van der Waals surface area contributed by atoms with Crippen molar-refractivity contribution < 1.29 is 8.42 Å². The molecule has 0 amide bonds. The van der Waals surface area contributed by atoms with E-state index in [0.717, 1.165) is 21.1 Å². The molecule has 2 aromatic carbocycles. The van der Waals surface area contributed by atoms with Gasteiger partial charge in [-0.15, -0.1) is 0 Å². The maximum Gasteiger partial charge on any atom is 0.280 e. The smallest absolute Gasteiger partial charge is 0.280 e. The third-order valence-corrected chi connectivity index (χ3v) is 6.65. The zero-order valence-electron chi connectivity index (χ0n) is 17.1. The van der Waals surface area contributed by atoms with Crippen molar-refractivity contribution in [3.05, 3.63) is 75.2 Å². The van der Waals surface area contributed by atoms with Crippen molar-refractivity contribution in [1.29, 1.82) is 0 Å². The highest BCUT2D eigenvalue weighted by atomic mass is 32.2. The summed E-state index contributed by atoms with van der Waals surface area (Å²) < 4.78 is 26.9. The second kappa shape index (κ2) is 7.81. The standard InChI is InChI=1S/C21H24N4O3S/c1-14-6-9-18(12-15(14)2)25-21(26)20(16(3)23-25)13-22-17-7-10-19(11-8-17)29(27,28)24(4)5/h6-13,23H,1-5H3. The number of aliphatic imine (C=N–C) groups is 1. The lowest BCUT2D eigenvalue weighted by Crippen LogP contribution is -2.21. The van der Waals surface area contributed by atoms with Gasteiger partial charge in [0.2, 0.25) is 10.0 Å². The lowest BCUT2D eigenvalue weighted by Gasteiger charge is -2.10. The minimum atomic E-state index is -3.49. The molecule has 1 aromatic heterocycles. The molecule has 0 aliphatic rings. The van der Waals surface area contributed by atoms with E-state index in [1.54, 1.807) is 12.1 Å². The summed E-state index contributed by atoms with van der Waals surface area (Å²) in [7, 11) is -0.519. The molecular weight excluding hydrogens is 388 g/mol. The van der Waals surface area contributed by atoms with Crippen LogP contribution in [0, 0.1) is 20.8 Å². The first-order valence-electron chi connectivity index (χ1n) is 9.07. The SMILES string of the molecule is Cc1ccc(-n2[nH]c(C)c(C=Nc3ccc(S(=O)(=O)N(C)C)cc3)c2=O)cc1C. The summed E-state index contributed by atoms with van der Waals surface area (Å²) in [6, 6.07) is 12.0. The van der Waals surface area contributed by atoms with Gasteiger partial charge in [0.15, 0.2) is 0 Å². The Morgan fingerprint density at radius 2 is 1.66 bits per heavy atom. The van der Waals surface area contributed by atoms with Crippen LogP contribution in [0.5, 0.6) is 0 Å². The van der Waals surface area contributed by atoms with E-state index in [1.807, 2.05) is 39.0 Å². The Hall–Kier alpha value is -2.97. The van der Waals surface area contributed by atoms with Crippen LogP contribution in [-0.4, -0.2) is 42.8 Å². The van der Waals surface area contributed by atoms with E-state index in [4.69, 9.17) is 0 Å². The molecule has 0 fully saturated rings. The quantitative estimate of drug-likeness (QED) is 0.653. The second-order valence-electron chi connectivity index (χ2n) is 7.10. The molecule has 7 nitrogen and oxygen atoms in total. The molecule has 0 aliphatic heterocycles. The maximum absolute atomic E-state index is 12.8. The Morgan fingerprint density at radius 3 is 2.24 bits per heavy atom. The largest absolute Gasteiger partial charge is 0.295 e. The zero-order valence-corrected chi connectivity index (χ0v) is 17.9. The zero-order chi connectivity index (χ0) is 21.3. The van der Waals surface area contributed by atoms with Crippen molar-refractivity contribution in [2.24, 2.45) is 4.99 Å². The predicted molar refractivity (Wildman–Crippen MR) is 115 cm³/mol. The number of hydrogen-bond acceptors (Lipinski definition) is 4. The Morgan fingerprint density at radius 1 is 1.00 bits per heavy atom. The number of H-pyrrole nitrogens is 1. The van der Waals surface area contributed by atoms with Crippen LogP contribution >= 0.6 is 0 Å². The molecule has 0 unspecified atom stereocenters. The lowest BCUT2D eigenvalue weighted by atomic mass is 10.1. The van der Waals surface area contributed by atoms with E-state index in [0.29, 0.717) is 16.9 Å². The van der Waals surface area contributed by atoms with Crippen LogP contribution < -0.4 is 5.56 Å². The minimum Gasteiger partial charge on any atom is -0.295 e. The third kappa shape index (κ3) is 4.08. The van der Waals surface area contributed by atoms with E-state index >= 15 is 0 Å². The molecule has 0 bridgehead atoms. The van der Waals surface area contributed by atoms with Gasteiger partial charge in [0.25, 0.3) is 5.56 Å². The van der Waals surface area contributed by atoms with E-state index < -0.39 is 10.0 Å². The first-order chi connectivity index (χ1) is 13.6. The molecule has 152 valence electrons. The molecule has 0 saturated carbocycles. The number of aromatic amines is 1. The molecule has 29 heavy (non-hydrogen) atoms. The van der Waals surface area contributed by atoms with Gasteiger partial charge in [-0.25, -0.2) is 17.4 Å². The number of nitrogens with zero attached hydrogens (tertiary/aromatic N) is 3. The predicted octanol–water partition coefficient (Wildman–Crippen LogP) is 3.09. The Labute approximate surface area is 170 Å². The van der Waals surface area contributed by atoms with Crippen LogP contribution in [0.25, 0.3) is 5.69 Å². The van der Waals surface area contributed by atoms with Crippen LogP contribution in [0.4, 0.5) is 5.69 Å². The van der Waals surface area contributed by atoms with Crippen molar-refractivity contribution in [2.45, 2.75) is 25.7 Å². The van der Waals surface area contributed by atoms with Crippen LogP contribution in [0.2, 0.25) is 0 Å². The molecule has 3 aromatic rings. The van der Waals surface area contributed by atoms with Crippen molar-refractivity contribution in [3.8, 4) is 5.69 Å². The summed E-state index contributed by atoms with van der Waals surface area (Å²) >= 11 is 0. The Kier molecular flexibility index (Phi) is 5.59. The van der Waals surface area contributed by atoms with Gasteiger partial charge < -0.3 is 0 Å². The summed E-state index contributed by atoms with van der Waals surface area (Å²) in [5.41, 5.74) is 4.54. The van der Waals surface area contributed by atoms with Gasteiger partial charge in [0.05, 0.1) is 21.8 Å². The van der Waals surface area contributed by atoms with Crippen LogP contribution in [0.1, 0.15) is 22.4 Å². The second-order valence-corrected chi connectivity index (χ2v) is 9.25. The lowest BCUT2D eigenvalue weighted by molar-refractivity contribution is 0.521. The number of sulfonamides is 1. The number of benzene rings is 2. The minimum absolute atomic E-state index is 0.191. The molecule has 0 spiro atoms. The monoisotopic (exact) mass is 412 g/mol. The van der Waals surface area contributed by atoms with Crippen LogP contribution in [0.3, 0.4) is 0 Å². The summed E-state index contributed by atoms with van der Waals surface area (Å²) in [5.74, 6) is 0. The molecule has 0 radical (unpaired) electrons. The number of nitrogens with one attached hydrogen (secondary N) is 1. The number of aryl methyl sites for hydroxylation is 3. The van der Waals surface area contributed by atoms with Crippen molar-refractivity contribution in [3.63, 3.8) is 0 Å². The Balaban J connectivity index is 1.91. The fourth-order valence-electron chi connectivity index (χ4n) is 2.81. The maximum atomic E-state index is 12.8. The molecule has 0 atom stereocenters. The summed E-state index contributed by atoms with van der Waals surface area (Å²) in [6.45, 7) is 5.84. The molecule has 0 aliphatic carbocycles. The molecule has 0 saturated heterocycles. The van der Waals surface area contributed by atoms with Gasteiger partial charge in [0, 0.05) is 26.0 Å². The van der Waals surface area contributed by atoms with Gasteiger partial charge in [-0.05, 0) is 68.3 Å². The molecule has 1 heterocycles. The topological polar surface area (TPSA) is 87.5 Å². The van der Waals surface area contributed by atoms with Gasteiger partial charge >= 0.3 is 0 Å². The van der Waals surface area contributed by atoms with Crippen LogP contribution in [-0.2, 0) is 10.0 Å². The summed E-state index contributed by atoms with van der Waals surface area (Å²) in [6.07, 6.45) is 1.50. The van der Waals surface area contributed by atoms with Gasteiger partial charge in [-0.1, -0.05) is 6.07 Å². The highest BCUT2D eigenvalue weighted by molar-refractivity contribution is 7.89. The normalized spacial score (nSPS) is 12.2. The molecule has 1 N–H and O–H groups in total. The van der Waals surface area contributed by atoms with Crippen molar-refractivity contribution >= 4 is 21.9 Å². The fourth-order valence-corrected chi connectivity index (χ4v) is 3.71. The number of rotatable bonds is 5. The van der Waals surface area contributed by atoms with E-state index in [1.165, 1.54) is 37.1 Å². The van der Waals surface area contributed by atoms with Gasteiger partial charge in [-0.2, -0.15) is 0 Å². The number of aromatic nitrogens is 2. The summed E-state index contributed by atoms with van der Waals surface area (Å²) in [4.78, 5) is 17.4. The Bertz CT molecular complexity index is 1230. The number of hydrogen-bond donors (Lipinski definition) is 1. The third-order valence-electron chi connectivity index (χ3n) is 4.82. The highest BCUT2D eigenvalue weighted by Gasteiger charge is 2.16. The first kappa shape index (κ1) is 20.8. The van der Waals surface area contributed by atoms with Crippen LogP contribution in [0.15, 0.2) is 57.1 Å².